The average Bonchev–Trinajstić information content (AvgIpc) is 3.11. The molecular weight excluding hydrogens is 376 g/mol. The highest BCUT2D eigenvalue weighted by Gasteiger charge is 2.65. The van der Waals surface area contributed by atoms with Crippen molar-refractivity contribution >= 4 is 17.5 Å². The predicted molar refractivity (Wildman–Crippen MR) is 113 cm³/mol. The largest absolute Gasteiger partial charge is 0.462 e. The van der Waals surface area contributed by atoms with Crippen molar-refractivity contribution in [3.8, 4) is 0 Å². The van der Waals surface area contributed by atoms with E-state index < -0.39 is 11.3 Å². The van der Waals surface area contributed by atoms with Gasteiger partial charge in [0.2, 0.25) is 0 Å². The van der Waals surface area contributed by atoms with Gasteiger partial charge in [-0.15, -0.1) is 0 Å². The Bertz CT molecular complexity index is 1010. The van der Waals surface area contributed by atoms with Gasteiger partial charge < -0.3 is 4.74 Å². The maximum Gasteiger partial charge on any atom is 0.317 e. The monoisotopic (exact) mass is 406 g/mol. The van der Waals surface area contributed by atoms with Crippen LogP contribution in [0.2, 0.25) is 0 Å². The molecule has 1 unspecified atom stereocenters. The fourth-order valence-corrected chi connectivity index (χ4v) is 6.93. The number of esters is 1. The summed E-state index contributed by atoms with van der Waals surface area (Å²) in [5, 5.41) is 0. The van der Waals surface area contributed by atoms with E-state index in [1.807, 2.05) is 26.0 Å². The Balaban J connectivity index is 1.71. The number of allylic oxidation sites excluding steroid dienone is 6. The molecule has 30 heavy (non-hydrogen) atoms. The van der Waals surface area contributed by atoms with Crippen LogP contribution >= 0.6 is 0 Å². The SMILES string of the molecule is CC(C)OC(=O)[C@@H]1C=C2CC(=O)C=CC2(C)C2=C1C1=CC[C@@]3(C)CCC(=O)[C@@]13CC2. The van der Waals surface area contributed by atoms with E-state index in [0.717, 1.165) is 42.4 Å². The van der Waals surface area contributed by atoms with Gasteiger partial charge in [0, 0.05) is 18.3 Å². The van der Waals surface area contributed by atoms with Gasteiger partial charge in [0.1, 0.15) is 11.7 Å². The highest BCUT2D eigenvalue weighted by molar-refractivity contribution is 5.97. The fourth-order valence-electron chi connectivity index (χ4n) is 6.93. The van der Waals surface area contributed by atoms with Crippen LogP contribution in [0, 0.1) is 22.2 Å². The third-order valence-electron chi connectivity index (χ3n) is 8.54. The minimum atomic E-state index is -0.538. The molecule has 4 atom stereocenters. The minimum Gasteiger partial charge on any atom is -0.462 e. The molecule has 0 aliphatic heterocycles. The van der Waals surface area contributed by atoms with Gasteiger partial charge in [-0.2, -0.15) is 0 Å². The molecule has 0 aromatic carbocycles. The van der Waals surface area contributed by atoms with Crippen molar-refractivity contribution < 1.29 is 19.1 Å². The number of carbonyl (C=O) groups excluding carboxylic acids is 3. The lowest BCUT2D eigenvalue weighted by Crippen LogP contribution is -2.45. The van der Waals surface area contributed by atoms with E-state index in [1.165, 1.54) is 5.57 Å². The van der Waals surface area contributed by atoms with Gasteiger partial charge >= 0.3 is 5.97 Å². The van der Waals surface area contributed by atoms with E-state index in [2.05, 4.69) is 19.9 Å². The van der Waals surface area contributed by atoms with Crippen molar-refractivity contribution in [3.63, 3.8) is 0 Å². The quantitative estimate of drug-likeness (QED) is 0.488. The van der Waals surface area contributed by atoms with Crippen LogP contribution in [0.1, 0.15) is 66.2 Å². The summed E-state index contributed by atoms with van der Waals surface area (Å²) >= 11 is 0. The molecule has 0 N–H and O–H groups in total. The van der Waals surface area contributed by atoms with Crippen molar-refractivity contribution in [2.75, 3.05) is 0 Å². The maximum atomic E-state index is 13.3. The van der Waals surface area contributed by atoms with E-state index in [9.17, 15) is 14.4 Å². The molecule has 1 fully saturated rings. The maximum absolute atomic E-state index is 13.3. The molecule has 0 amide bonds. The third kappa shape index (κ3) is 2.31. The highest BCUT2D eigenvalue weighted by Crippen LogP contribution is 2.69. The summed E-state index contributed by atoms with van der Waals surface area (Å²) in [5.41, 5.74) is 3.43. The van der Waals surface area contributed by atoms with E-state index >= 15 is 0 Å². The Labute approximate surface area is 178 Å². The first-order valence-corrected chi connectivity index (χ1v) is 11.2. The van der Waals surface area contributed by atoms with Crippen LogP contribution < -0.4 is 0 Å². The lowest BCUT2D eigenvalue weighted by atomic mass is 9.52. The third-order valence-corrected chi connectivity index (χ3v) is 8.54. The average molecular weight is 407 g/mol. The summed E-state index contributed by atoms with van der Waals surface area (Å²) in [7, 11) is 0. The molecule has 158 valence electrons. The summed E-state index contributed by atoms with van der Waals surface area (Å²) in [6, 6.07) is 0. The van der Waals surface area contributed by atoms with Crippen molar-refractivity contribution in [1.29, 1.82) is 0 Å². The number of fused-ring (bicyclic) bond motifs is 3. The molecule has 4 nitrogen and oxygen atoms in total. The molecule has 1 saturated carbocycles. The summed E-state index contributed by atoms with van der Waals surface area (Å²) < 4.78 is 5.65. The van der Waals surface area contributed by atoms with Crippen LogP contribution in [0.4, 0.5) is 0 Å². The van der Waals surface area contributed by atoms with Gasteiger partial charge in [-0.05, 0) is 69.1 Å². The number of rotatable bonds is 2. The smallest absolute Gasteiger partial charge is 0.317 e. The summed E-state index contributed by atoms with van der Waals surface area (Å²) in [6.07, 6.45) is 12.1. The lowest BCUT2D eigenvalue weighted by Gasteiger charge is -2.50. The Morgan fingerprint density at radius 2 is 1.93 bits per heavy atom. The molecule has 0 radical (unpaired) electrons. The van der Waals surface area contributed by atoms with Crippen molar-refractivity contribution in [2.24, 2.45) is 22.2 Å². The molecule has 5 aliphatic carbocycles. The second-order valence-corrected chi connectivity index (χ2v) is 10.4. The Morgan fingerprint density at radius 3 is 2.67 bits per heavy atom. The van der Waals surface area contributed by atoms with Crippen molar-refractivity contribution in [2.45, 2.75) is 72.3 Å². The Kier molecular flexibility index (Phi) is 4.04. The number of hydrogen-bond acceptors (Lipinski definition) is 4. The zero-order chi connectivity index (χ0) is 21.5. The molecule has 0 bridgehead atoms. The Morgan fingerprint density at radius 1 is 1.17 bits per heavy atom. The number of ether oxygens (including phenoxy) is 1. The molecule has 5 aliphatic rings. The molecule has 1 spiro atoms. The molecule has 0 saturated heterocycles. The lowest BCUT2D eigenvalue weighted by molar-refractivity contribution is -0.149. The van der Waals surface area contributed by atoms with Crippen LogP contribution in [0.3, 0.4) is 0 Å². The van der Waals surface area contributed by atoms with Gasteiger partial charge in [-0.25, -0.2) is 0 Å². The predicted octanol–water partition coefficient (Wildman–Crippen LogP) is 4.81. The summed E-state index contributed by atoms with van der Waals surface area (Å²) in [4.78, 5) is 38.7. The summed E-state index contributed by atoms with van der Waals surface area (Å²) in [6.45, 7) is 8.12. The van der Waals surface area contributed by atoms with E-state index in [4.69, 9.17) is 4.74 Å². The standard InChI is InChI=1S/C26H30O4/c1-15(2)30-23(29)18-14-16-13-17(27)5-11-25(16,4)19-7-12-26-20(22(18)19)6-9-24(26,3)10-8-21(26)28/h5-6,11,14-15,18H,7-10,12-13H2,1-4H3/t18-,24+,25?,26-/m1/s1. The first-order chi connectivity index (χ1) is 14.1. The Hall–Kier alpha value is -2.23. The van der Waals surface area contributed by atoms with E-state index in [1.54, 1.807) is 6.08 Å². The molecule has 0 heterocycles. The number of carbonyl (C=O) groups is 3. The van der Waals surface area contributed by atoms with Crippen molar-refractivity contribution in [1.82, 2.24) is 0 Å². The molecular formula is C26H30O4. The van der Waals surface area contributed by atoms with Gasteiger partial charge in [0.05, 0.1) is 11.5 Å². The second-order valence-electron chi connectivity index (χ2n) is 10.4. The van der Waals surface area contributed by atoms with E-state index in [-0.39, 0.29) is 28.7 Å². The number of Topliss-reactive ketones (excluding diaryl/α,β-unsaturated/α-hetero) is 1. The number of hydrogen-bond donors (Lipinski definition) is 0. The summed E-state index contributed by atoms with van der Waals surface area (Å²) in [5.74, 6) is -0.398. The normalized spacial score (nSPS) is 39.3. The first kappa shape index (κ1) is 19.7. The van der Waals surface area contributed by atoms with Gasteiger partial charge in [0.15, 0.2) is 5.78 Å². The number of ketones is 2. The van der Waals surface area contributed by atoms with Gasteiger partial charge in [-0.3, -0.25) is 14.4 Å². The second kappa shape index (κ2) is 6.15. The van der Waals surface area contributed by atoms with Gasteiger partial charge in [-0.1, -0.05) is 36.3 Å². The topological polar surface area (TPSA) is 60.4 Å². The van der Waals surface area contributed by atoms with Crippen LogP contribution in [-0.2, 0) is 19.1 Å². The van der Waals surface area contributed by atoms with E-state index in [0.29, 0.717) is 18.6 Å². The van der Waals surface area contributed by atoms with Crippen LogP contribution in [0.15, 0.2) is 46.6 Å². The zero-order valence-electron chi connectivity index (χ0n) is 18.3. The minimum absolute atomic E-state index is 0.0479. The van der Waals surface area contributed by atoms with Crippen molar-refractivity contribution in [3.05, 3.63) is 46.6 Å². The van der Waals surface area contributed by atoms with Gasteiger partial charge in [0.25, 0.3) is 0 Å². The first-order valence-electron chi connectivity index (χ1n) is 11.2. The molecule has 5 rings (SSSR count). The molecule has 0 aromatic rings. The van der Waals surface area contributed by atoms with Crippen LogP contribution in [-0.4, -0.2) is 23.6 Å². The van der Waals surface area contributed by atoms with Crippen LogP contribution in [0.5, 0.6) is 0 Å². The van der Waals surface area contributed by atoms with Crippen LogP contribution in [0.25, 0.3) is 0 Å². The highest BCUT2D eigenvalue weighted by atomic mass is 16.5. The zero-order valence-corrected chi connectivity index (χ0v) is 18.3. The molecule has 0 aromatic heterocycles. The molecule has 4 heteroatoms. The fraction of sp³-hybridized carbons (Fsp3) is 0.577.